The molecule has 6 heteroatoms. The van der Waals surface area contributed by atoms with Crippen LogP contribution in [-0.4, -0.2) is 77.6 Å². The van der Waals surface area contributed by atoms with Crippen LogP contribution in [0, 0.1) is 0 Å². The van der Waals surface area contributed by atoms with E-state index in [-0.39, 0.29) is 18.0 Å². The van der Waals surface area contributed by atoms with Gasteiger partial charge in [0.25, 0.3) is 0 Å². The van der Waals surface area contributed by atoms with Crippen molar-refractivity contribution in [3.63, 3.8) is 0 Å². The molecule has 138 valence electrons. The predicted octanol–water partition coefficient (Wildman–Crippen LogP) is 2.33. The lowest BCUT2D eigenvalue weighted by atomic mass is 10.2. The molecule has 2 rings (SSSR count). The predicted molar refractivity (Wildman–Crippen MR) is 93.9 cm³/mol. The number of carbonyl (C=O) groups excluding carboxylic acids is 2. The van der Waals surface area contributed by atoms with Gasteiger partial charge in [-0.1, -0.05) is 12.8 Å². The molecule has 0 aliphatic carbocycles. The van der Waals surface area contributed by atoms with Crippen LogP contribution in [0.3, 0.4) is 0 Å². The van der Waals surface area contributed by atoms with Crippen LogP contribution in [0.1, 0.15) is 53.4 Å². The van der Waals surface area contributed by atoms with Crippen LogP contribution < -0.4 is 0 Å². The molecular weight excluding hydrogens is 306 g/mol. The third-order valence-corrected chi connectivity index (χ3v) is 4.79. The summed E-state index contributed by atoms with van der Waals surface area (Å²) in [4.78, 5) is 30.8. The molecule has 1 atom stereocenters. The quantitative estimate of drug-likeness (QED) is 0.775. The summed E-state index contributed by atoms with van der Waals surface area (Å²) in [5, 5.41) is 0. The lowest BCUT2D eigenvalue weighted by Crippen LogP contribution is -2.56. The standard InChI is InChI=1S/C18H33N3O3/c1-15(16(22)20-9-7-5-6-8-10-20)19-11-13-21(14-12-19)17(23)24-18(2,3)4/h15H,5-14H2,1-4H3. The van der Waals surface area contributed by atoms with Gasteiger partial charge in [0.15, 0.2) is 0 Å². The molecule has 1 unspecified atom stereocenters. The highest BCUT2D eigenvalue weighted by atomic mass is 16.6. The van der Waals surface area contributed by atoms with Crippen molar-refractivity contribution in [1.82, 2.24) is 14.7 Å². The van der Waals surface area contributed by atoms with E-state index >= 15 is 0 Å². The van der Waals surface area contributed by atoms with Gasteiger partial charge in [0, 0.05) is 39.3 Å². The molecule has 0 spiro atoms. The Hall–Kier alpha value is -1.30. The summed E-state index contributed by atoms with van der Waals surface area (Å²) in [6.07, 6.45) is 4.43. The van der Waals surface area contributed by atoms with E-state index in [2.05, 4.69) is 4.90 Å². The second kappa shape index (κ2) is 8.19. The smallest absolute Gasteiger partial charge is 0.410 e. The summed E-state index contributed by atoms with van der Waals surface area (Å²) in [6, 6.07) is -0.108. The fraction of sp³-hybridized carbons (Fsp3) is 0.889. The minimum absolute atomic E-state index is 0.108. The first-order valence-corrected chi connectivity index (χ1v) is 9.29. The van der Waals surface area contributed by atoms with Crippen LogP contribution >= 0.6 is 0 Å². The van der Waals surface area contributed by atoms with Crippen LogP contribution in [0.2, 0.25) is 0 Å². The Morgan fingerprint density at radius 1 is 0.833 bits per heavy atom. The zero-order valence-corrected chi connectivity index (χ0v) is 15.7. The van der Waals surface area contributed by atoms with Crippen LogP contribution in [0.4, 0.5) is 4.79 Å². The number of hydrogen-bond acceptors (Lipinski definition) is 4. The van der Waals surface area contributed by atoms with E-state index < -0.39 is 5.60 Å². The van der Waals surface area contributed by atoms with Gasteiger partial charge in [0.05, 0.1) is 6.04 Å². The molecule has 0 bridgehead atoms. The summed E-state index contributed by atoms with van der Waals surface area (Å²) < 4.78 is 5.42. The van der Waals surface area contributed by atoms with Crippen molar-refractivity contribution in [1.29, 1.82) is 0 Å². The Balaban J connectivity index is 1.82. The molecule has 0 aromatic heterocycles. The van der Waals surface area contributed by atoms with Crippen LogP contribution in [0.15, 0.2) is 0 Å². The molecule has 24 heavy (non-hydrogen) atoms. The van der Waals surface area contributed by atoms with E-state index in [1.54, 1.807) is 4.90 Å². The lowest BCUT2D eigenvalue weighted by Gasteiger charge is -2.39. The van der Waals surface area contributed by atoms with Gasteiger partial charge in [-0.15, -0.1) is 0 Å². The van der Waals surface area contributed by atoms with Gasteiger partial charge in [0.2, 0.25) is 5.91 Å². The molecular formula is C18H33N3O3. The summed E-state index contributed by atoms with van der Waals surface area (Å²) in [5.41, 5.74) is -0.468. The largest absolute Gasteiger partial charge is 0.444 e. The Morgan fingerprint density at radius 3 is 1.88 bits per heavy atom. The average molecular weight is 339 g/mol. The minimum atomic E-state index is -0.468. The van der Waals surface area contributed by atoms with Gasteiger partial charge >= 0.3 is 6.09 Å². The maximum atomic E-state index is 12.7. The second-order valence-electron chi connectivity index (χ2n) is 7.92. The van der Waals surface area contributed by atoms with Crippen molar-refractivity contribution in [2.45, 2.75) is 65.0 Å². The van der Waals surface area contributed by atoms with Gasteiger partial charge in [-0.25, -0.2) is 4.79 Å². The van der Waals surface area contributed by atoms with E-state index in [1.807, 2.05) is 32.6 Å². The van der Waals surface area contributed by atoms with Crippen LogP contribution in [0.25, 0.3) is 0 Å². The fourth-order valence-electron chi connectivity index (χ4n) is 3.33. The number of amides is 2. The number of piperazine rings is 1. The molecule has 0 aromatic carbocycles. The normalized spacial score (nSPS) is 22.0. The third-order valence-electron chi connectivity index (χ3n) is 4.79. The molecule has 2 fully saturated rings. The molecule has 2 aliphatic heterocycles. The van der Waals surface area contributed by atoms with E-state index in [0.29, 0.717) is 13.1 Å². The first-order chi connectivity index (χ1) is 11.3. The number of hydrogen-bond donors (Lipinski definition) is 0. The van der Waals surface area contributed by atoms with Crippen LogP contribution in [-0.2, 0) is 9.53 Å². The van der Waals surface area contributed by atoms with Crippen molar-refractivity contribution < 1.29 is 14.3 Å². The monoisotopic (exact) mass is 339 g/mol. The minimum Gasteiger partial charge on any atom is -0.444 e. The first-order valence-electron chi connectivity index (χ1n) is 9.29. The van der Waals surface area contributed by atoms with E-state index in [9.17, 15) is 9.59 Å². The molecule has 2 heterocycles. The number of likely N-dealkylation sites (tertiary alicyclic amines) is 1. The molecule has 0 radical (unpaired) electrons. The average Bonchev–Trinajstić information content (AvgIpc) is 2.81. The molecule has 6 nitrogen and oxygen atoms in total. The van der Waals surface area contributed by atoms with E-state index in [1.165, 1.54) is 12.8 Å². The van der Waals surface area contributed by atoms with Crippen molar-refractivity contribution in [3.8, 4) is 0 Å². The maximum Gasteiger partial charge on any atom is 0.410 e. The summed E-state index contributed by atoms with van der Waals surface area (Å²) >= 11 is 0. The molecule has 0 aromatic rings. The zero-order chi connectivity index (χ0) is 17.7. The molecule has 2 aliphatic rings. The first kappa shape index (κ1) is 19.0. The number of nitrogens with zero attached hydrogens (tertiary/aromatic N) is 3. The summed E-state index contributed by atoms with van der Waals surface area (Å²) in [5.74, 6) is 0.239. The van der Waals surface area contributed by atoms with E-state index in [0.717, 1.165) is 39.0 Å². The lowest BCUT2D eigenvalue weighted by molar-refractivity contribution is -0.137. The van der Waals surface area contributed by atoms with E-state index in [4.69, 9.17) is 4.74 Å². The fourth-order valence-corrected chi connectivity index (χ4v) is 3.33. The summed E-state index contributed by atoms with van der Waals surface area (Å²) in [6.45, 7) is 12.1. The molecule has 0 N–H and O–H groups in total. The summed E-state index contributed by atoms with van der Waals surface area (Å²) in [7, 11) is 0. The second-order valence-corrected chi connectivity index (χ2v) is 7.92. The van der Waals surface area contributed by atoms with Gasteiger partial charge in [-0.05, 0) is 40.5 Å². The highest BCUT2D eigenvalue weighted by Crippen LogP contribution is 2.16. The zero-order valence-electron chi connectivity index (χ0n) is 15.7. The van der Waals surface area contributed by atoms with Gasteiger partial charge in [-0.2, -0.15) is 0 Å². The van der Waals surface area contributed by atoms with Crippen molar-refractivity contribution in [2.24, 2.45) is 0 Å². The Bertz CT molecular complexity index is 431. The number of carbonyl (C=O) groups is 2. The highest BCUT2D eigenvalue weighted by Gasteiger charge is 2.31. The molecule has 2 amide bonds. The van der Waals surface area contributed by atoms with Gasteiger partial charge in [0.1, 0.15) is 5.60 Å². The number of ether oxygens (including phenoxy) is 1. The Labute approximate surface area is 146 Å². The van der Waals surface area contributed by atoms with Crippen molar-refractivity contribution in [2.75, 3.05) is 39.3 Å². The third kappa shape index (κ3) is 5.36. The van der Waals surface area contributed by atoms with Crippen molar-refractivity contribution in [3.05, 3.63) is 0 Å². The van der Waals surface area contributed by atoms with Gasteiger partial charge in [-0.3, -0.25) is 9.69 Å². The van der Waals surface area contributed by atoms with Gasteiger partial charge < -0.3 is 14.5 Å². The maximum absolute atomic E-state index is 12.7. The number of rotatable bonds is 2. The Morgan fingerprint density at radius 2 is 1.38 bits per heavy atom. The molecule has 0 saturated carbocycles. The molecule has 2 saturated heterocycles. The highest BCUT2D eigenvalue weighted by molar-refractivity contribution is 5.81. The Kier molecular flexibility index (Phi) is 6.49. The van der Waals surface area contributed by atoms with Crippen molar-refractivity contribution >= 4 is 12.0 Å². The SMILES string of the molecule is CC(C(=O)N1CCCCCC1)N1CCN(C(=O)OC(C)(C)C)CC1. The van der Waals surface area contributed by atoms with Crippen LogP contribution in [0.5, 0.6) is 0 Å². The topological polar surface area (TPSA) is 53.1 Å².